The van der Waals surface area contributed by atoms with Crippen LogP contribution in [-0.2, 0) is 6.54 Å². The molecule has 0 atom stereocenters. The van der Waals surface area contributed by atoms with Gasteiger partial charge in [-0.1, -0.05) is 13.8 Å². The molecule has 2 aromatic carbocycles. The Balaban J connectivity index is 1.84. The van der Waals surface area contributed by atoms with E-state index in [2.05, 4.69) is 44.5 Å². The molecule has 0 unspecified atom stereocenters. The van der Waals surface area contributed by atoms with Gasteiger partial charge in [-0.3, -0.25) is 9.67 Å². The molecule has 30 heavy (non-hydrogen) atoms. The first-order chi connectivity index (χ1) is 14.4. The van der Waals surface area contributed by atoms with E-state index in [1.807, 2.05) is 27.0 Å². The maximum Gasteiger partial charge on any atom is 0.200 e. The molecule has 0 saturated carbocycles. The molecule has 2 aromatic heterocycles. The molecule has 0 radical (unpaired) electrons. The zero-order valence-electron chi connectivity index (χ0n) is 17.2. The van der Waals surface area contributed by atoms with Gasteiger partial charge in [0, 0.05) is 36.3 Å². The first-order valence-corrected chi connectivity index (χ1v) is 10.3. The number of nitrogens with one attached hydrogen (secondary N) is 2. The number of phenolic OH excluding ortho intramolecular Hbond substituents is 2. The van der Waals surface area contributed by atoms with Crippen molar-refractivity contribution < 1.29 is 10.2 Å². The van der Waals surface area contributed by atoms with Crippen LogP contribution in [-0.4, -0.2) is 43.1 Å². The smallest absolute Gasteiger partial charge is 0.200 e. The van der Waals surface area contributed by atoms with Crippen LogP contribution in [0, 0.1) is 4.77 Å². The number of aromatic amines is 1. The van der Waals surface area contributed by atoms with Gasteiger partial charge < -0.3 is 20.1 Å². The van der Waals surface area contributed by atoms with Crippen LogP contribution in [0.5, 0.6) is 11.5 Å². The summed E-state index contributed by atoms with van der Waals surface area (Å²) in [4.78, 5) is 0. The highest BCUT2D eigenvalue weighted by Crippen LogP contribution is 2.38. The van der Waals surface area contributed by atoms with Crippen molar-refractivity contribution in [3.05, 3.63) is 52.9 Å². The number of hydrogen-bond acceptors (Lipinski definition) is 5. The fourth-order valence-corrected chi connectivity index (χ4v) is 3.94. The van der Waals surface area contributed by atoms with E-state index in [1.54, 1.807) is 10.6 Å². The van der Waals surface area contributed by atoms with Crippen LogP contribution in [0.2, 0.25) is 0 Å². The maximum atomic E-state index is 10.5. The van der Waals surface area contributed by atoms with Crippen LogP contribution in [0.15, 0.2) is 42.6 Å². The van der Waals surface area contributed by atoms with Gasteiger partial charge in [0.2, 0.25) is 0 Å². The molecule has 0 fully saturated rings. The third-order valence-corrected chi connectivity index (χ3v) is 5.57. The van der Waals surface area contributed by atoms with Gasteiger partial charge in [-0.25, -0.2) is 0 Å². The lowest BCUT2D eigenvalue weighted by Gasteiger charge is -2.14. The highest BCUT2D eigenvalue weighted by atomic mass is 32.1. The predicted molar refractivity (Wildman–Crippen MR) is 121 cm³/mol. The number of likely N-dealkylation sites (N-methyl/N-ethyl adjacent to an activating group) is 1. The van der Waals surface area contributed by atoms with Crippen molar-refractivity contribution in [3.8, 4) is 28.6 Å². The third-order valence-electron chi connectivity index (χ3n) is 5.30. The van der Waals surface area contributed by atoms with Crippen molar-refractivity contribution in [3.63, 3.8) is 0 Å². The molecule has 7 nitrogen and oxygen atoms in total. The van der Waals surface area contributed by atoms with Gasteiger partial charge in [0.1, 0.15) is 11.5 Å². The number of fused-ring (bicyclic) bond motifs is 1. The van der Waals surface area contributed by atoms with Crippen molar-refractivity contribution in [1.82, 2.24) is 24.6 Å². The Morgan fingerprint density at radius 1 is 1.13 bits per heavy atom. The quantitative estimate of drug-likeness (QED) is 0.347. The molecule has 4 rings (SSSR count). The minimum atomic E-state index is -0.0496. The van der Waals surface area contributed by atoms with Crippen molar-refractivity contribution in [1.29, 1.82) is 0 Å². The fraction of sp³-hybridized carbons (Fsp3) is 0.273. The Morgan fingerprint density at radius 2 is 1.93 bits per heavy atom. The van der Waals surface area contributed by atoms with Gasteiger partial charge in [0.15, 0.2) is 10.6 Å². The van der Waals surface area contributed by atoms with Crippen LogP contribution in [0.1, 0.15) is 25.3 Å². The lowest BCUT2D eigenvalue weighted by atomic mass is 9.98. The van der Waals surface area contributed by atoms with E-state index in [-0.39, 0.29) is 17.4 Å². The minimum absolute atomic E-state index is 0.0496. The summed E-state index contributed by atoms with van der Waals surface area (Å²) in [5, 5.41) is 32.2. The lowest BCUT2D eigenvalue weighted by molar-refractivity contribution is 0.444. The topological polar surface area (TPSA) is 91.0 Å². The Morgan fingerprint density at radius 3 is 2.67 bits per heavy atom. The number of aromatic hydroxyl groups is 2. The number of aromatic nitrogens is 4. The van der Waals surface area contributed by atoms with E-state index < -0.39 is 0 Å². The Labute approximate surface area is 179 Å². The number of benzene rings is 2. The van der Waals surface area contributed by atoms with Gasteiger partial charge in [-0.2, -0.15) is 5.10 Å². The van der Waals surface area contributed by atoms with Gasteiger partial charge in [0.05, 0.1) is 11.3 Å². The second kappa shape index (κ2) is 7.97. The number of phenols is 2. The number of hydrogen-bond donors (Lipinski definition) is 4. The lowest BCUT2D eigenvalue weighted by Crippen LogP contribution is -2.14. The minimum Gasteiger partial charge on any atom is -0.508 e. The summed E-state index contributed by atoms with van der Waals surface area (Å²) >= 11 is 5.49. The molecule has 0 aliphatic heterocycles. The monoisotopic (exact) mass is 423 g/mol. The van der Waals surface area contributed by atoms with E-state index in [9.17, 15) is 10.2 Å². The molecule has 0 spiro atoms. The van der Waals surface area contributed by atoms with E-state index in [0.29, 0.717) is 16.2 Å². The van der Waals surface area contributed by atoms with Crippen LogP contribution in [0.4, 0.5) is 0 Å². The van der Waals surface area contributed by atoms with Crippen LogP contribution >= 0.6 is 12.2 Å². The number of H-pyrrole nitrogens is 1. The molecule has 0 bridgehead atoms. The van der Waals surface area contributed by atoms with Crippen LogP contribution in [0.25, 0.3) is 28.0 Å². The molecular weight excluding hydrogens is 398 g/mol. The molecule has 156 valence electrons. The largest absolute Gasteiger partial charge is 0.508 e. The summed E-state index contributed by atoms with van der Waals surface area (Å²) in [6.45, 7) is 5.75. The third kappa shape index (κ3) is 3.48. The maximum absolute atomic E-state index is 10.5. The Hall–Kier alpha value is -3.10. The SMILES string of the molecule is CNCCn1ccc2cc(-n3c(-c4cc(C(C)C)c(O)cc4O)n[nH]c3=S)ccc21. The first-order valence-electron chi connectivity index (χ1n) is 9.88. The molecule has 0 aliphatic carbocycles. The molecular formula is C22H25N5O2S. The van der Waals surface area contributed by atoms with Crippen LogP contribution < -0.4 is 5.32 Å². The van der Waals surface area contributed by atoms with Gasteiger partial charge in [-0.15, -0.1) is 0 Å². The molecule has 0 saturated heterocycles. The van der Waals surface area contributed by atoms with Gasteiger partial charge in [0.25, 0.3) is 0 Å². The van der Waals surface area contributed by atoms with Crippen molar-refractivity contribution in [2.45, 2.75) is 26.3 Å². The number of rotatable bonds is 6. The molecule has 4 N–H and O–H groups in total. The summed E-state index contributed by atoms with van der Waals surface area (Å²) in [6, 6.07) is 11.3. The highest BCUT2D eigenvalue weighted by Gasteiger charge is 2.19. The first kappa shape index (κ1) is 20.2. The second-order valence-corrected chi connectivity index (χ2v) is 8.01. The van der Waals surface area contributed by atoms with Crippen molar-refractivity contribution in [2.75, 3.05) is 13.6 Å². The Kier molecular flexibility index (Phi) is 5.36. The van der Waals surface area contributed by atoms with Crippen molar-refractivity contribution >= 4 is 23.1 Å². The average Bonchev–Trinajstić information content (AvgIpc) is 3.29. The standard InChI is InChI=1S/C22H25N5O2S/c1-13(2)16-11-17(20(29)12-19(16)28)21-24-25-22(30)27(21)15-4-5-18-14(10-15)6-8-26(18)9-7-23-3/h4-6,8,10-13,23,28-29H,7,9H2,1-3H3,(H,25,30). The summed E-state index contributed by atoms with van der Waals surface area (Å²) in [6.07, 6.45) is 2.07. The van der Waals surface area contributed by atoms with E-state index in [0.717, 1.165) is 35.2 Å². The Bertz CT molecular complexity index is 1270. The van der Waals surface area contributed by atoms with E-state index in [4.69, 9.17) is 12.2 Å². The van der Waals surface area contributed by atoms with E-state index >= 15 is 0 Å². The summed E-state index contributed by atoms with van der Waals surface area (Å²) in [7, 11) is 1.94. The molecule has 2 heterocycles. The predicted octanol–water partition coefficient (Wildman–Crippen LogP) is 4.31. The summed E-state index contributed by atoms with van der Waals surface area (Å²) < 4.78 is 4.43. The average molecular weight is 424 g/mol. The molecule has 8 heteroatoms. The zero-order chi connectivity index (χ0) is 21.4. The summed E-state index contributed by atoms with van der Waals surface area (Å²) in [5.41, 5.74) is 3.23. The van der Waals surface area contributed by atoms with E-state index in [1.165, 1.54) is 6.07 Å². The second-order valence-electron chi connectivity index (χ2n) is 7.63. The highest BCUT2D eigenvalue weighted by molar-refractivity contribution is 7.71. The fourth-order valence-electron chi connectivity index (χ4n) is 3.71. The number of nitrogens with zero attached hydrogens (tertiary/aromatic N) is 3. The molecule has 0 aliphatic rings. The van der Waals surface area contributed by atoms with Gasteiger partial charge in [-0.05, 0) is 61.1 Å². The summed E-state index contributed by atoms with van der Waals surface area (Å²) in [5.74, 6) is 0.601. The van der Waals surface area contributed by atoms with Crippen molar-refractivity contribution in [2.24, 2.45) is 0 Å². The molecule has 4 aromatic rings. The van der Waals surface area contributed by atoms with Gasteiger partial charge >= 0.3 is 0 Å². The molecule has 0 amide bonds. The normalized spacial score (nSPS) is 11.6. The van der Waals surface area contributed by atoms with Crippen LogP contribution in [0.3, 0.4) is 0 Å². The zero-order valence-corrected chi connectivity index (χ0v) is 18.0.